The van der Waals surface area contributed by atoms with E-state index in [1.54, 1.807) is 37.4 Å². The summed E-state index contributed by atoms with van der Waals surface area (Å²) >= 11 is 0. The molecule has 0 aromatic heterocycles. The Morgan fingerprint density at radius 1 is 0.971 bits per heavy atom. The van der Waals surface area contributed by atoms with Gasteiger partial charge in [-0.3, -0.25) is 4.79 Å². The molecule has 0 saturated carbocycles. The Balaban J connectivity index is 1.65. The second-order valence-corrected chi connectivity index (χ2v) is 7.48. The van der Waals surface area contributed by atoms with Gasteiger partial charge in [-0.15, -0.1) is 0 Å². The number of hydrogen-bond acceptors (Lipinski definition) is 4. The number of carbonyl (C=O) groups is 1. The predicted octanol–water partition coefficient (Wildman–Crippen LogP) is 4.69. The number of halogens is 3. The third-order valence-corrected chi connectivity index (χ3v) is 4.85. The van der Waals surface area contributed by atoms with Gasteiger partial charge in [0.05, 0.1) is 12.0 Å². The number of aromatic hydroxyl groups is 1. The number of hydrogen-bond donors (Lipinski definition) is 2. The van der Waals surface area contributed by atoms with Crippen LogP contribution < -0.4 is 9.47 Å². The fourth-order valence-electron chi connectivity index (χ4n) is 3.22. The van der Waals surface area contributed by atoms with E-state index in [9.17, 15) is 23.1 Å². The number of aliphatic hydroxyl groups is 2. The zero-order chi connectivity index (χ0) is 24.7. The summed E-state index contributed by atoms with van der Waals surface area (Å²) in [6.07, 6.45) is -5.70. The minimum atomic E-state index is -4.49. The minimum absolute atomic E-state index is 0.0126. The van der Waals surface area contributed by atoms with E-state index >= 15 is 0 Å². The predicted molar refractivity (Wildman–Crippen MR) is 119 cm³/mol. The molecule has 9 heteroatoms. The first-order valence-electron chi connectivity index (χ1n) is 10.3. The van der Waals surface area contributed by atoms with Gasteiger partial charge in [-0.25, -0.2) is 0 Å². The summed E-state index contributed by atoms with van der Waals surface area (Å²) in [5.74, 6) is -0.0119. The summed E-state index contributed by atoms with van der Waals surface area (Å²) in [5, 5.41) is 19.2. The fraction of sp³-hybridized carbons (Fsp3) is 0.240. The van der Waals surface area contributed by atoms with Gasteiger partial charge in [-0.1, -0.05) is 30.3 Å². The third kappa shape index (κ3) is 6.89. The lowest BCUT2D eigenvalue weighted by atomic mass is 10.0. The maximum Gasteiger partial charge on any atom is 0.416 e. The molecular weight excluding hydrogens is 453 g/mol. The highest BCUT2D eigenvalue weighted by molar-refractivity contribution is 5.73. The van der Waals surface area contributed by atoms with E-state index in [0.29, 0.717) is 17.1 Å². The molecule has 0 bridgehead atoms. The van der Waals surface area contributed by atoms with E-state index in [1.807, 2.05) is 12.1 Å². The summed E-state index contributed by atoms with van der Waals surface area (Å²) in [7, 11) is 1.59. The van der Waals surface area contributed by atoms with Crippen molar-refractivity contribution in [2.24, 2.45) is 0 Å². The smallest absolute Gasteiger partial charge is 0.416 e. The minimum Gasteiger partial charge on any atom is -0.582 e. The van der Waals surface area contributed by atoms with E-state index in [1.165, 1.54) is 12.1 Å². The molecule has 3 rings (SSSR count). The Labute approximate surface area is 194 Å². The van der Waals surface area contributed by atoms with Gasteiger partial charge in [-0.05, 0) is 47.0 Å². The van der Waals surface area contributed by atoms with Crippen LogP contribution in [-0.4, -0.2) is 47.3 Å². The lowest BCUT2D eigenvalue weighted by molar-refractivity contribution is -0.138. The maximum atomic E-state index is 12.8. The SMILES string of the molecule is C[OH+]c1ccc(-c2cccc(CC(=O)O)c2)cc1OCC(O)COc1cccc(C(F)(F)F)c1. The molecule has 34 heavy (non-hydrogen) atoms. The van der Waals surface area contributed by atoms with Crippen LogP contribution in [0.4, 0.5) is 13.2 Å². The first-order valence-corrected chi connectivity index (χ1v) is 10.3. The Morgan fingerprint density at radius 3 is 2.38 bits per heavy atom. The quantitative estimate of drug-likeness (QED) is 0.414. The van der Waals surface area contributed by atoms with Crippen molar-refractivity contribution in [3.8, 4) is 28.4 Å². The van der Waals surface area contributed by atoms with E-state index < -0.39 is 23.8 Å². The van der Waals surface area contributed by atoms with Gasteiger partial charge < -0.3 is 24.4 Å². The maximum absolute atomic E-state index is 12.8. The molecule has 180 valence electrons. The summed E-state index contributed by atoms with van der Waals surface area (Å²) in [4.78, 5) is 11.0. The molecule has 0 aliphatic rings. The van der Waals surface area contributed by atoms with Crippen LogP contribution in [0.1, 0.15) is 11.1 Å². The zero-order valence-electron chi connectivity index (χ0n) is 18.2. The first-order chi connectivity index (χ1) is 16.2. The Morgan fingerprint density at radius 2 is 1.68 bits per heavy atom. The Hall–Kier alpha value is -3.72. The number of rotatable bonds is 10. The van der Waals surface area contributed by atoms with E-state index in [4.69, 9.17) is 14.6 Å². The summed E-state index contributed by atoms with van der Waals surface area (Å²) in [5.41, 5.74) is 1.37. The van der Waals surface area contributed by atoms with Gasteiger partial charge >= 0.3 is 12.1 Å². The first kappa shape index (κ1) is 24.9. The average Bonchev–Trinajstić information content (AvgIpc) is 2.80. The number of alkyl halides is 3. The standard InChI is InChI=1S/C25H23F3O6/c1-32-22-9-8-18(17-5-2-4-16(10-17)11-24(30)31)12-23(22)34-15-20(29)14-33-21-7-3-6-19(13-21)25(26,27)28/h2-10,12-13,20,29H,11,14-15H2,1H3,(H,30,31)/p+1. The van der Waals surface area contributed by atoms with Gasteiger partial charge in [0, 0.05) is 6.07 Å². The summed E-state index contributed by atoms with van der Waals surface area (Å²) in [6, 6.07) is 16.8. The Bertz CT molecular complexity index is 1130. The Kier molecular flexibility index (Phi) is 8.01. The van der Waals surface area contributed by atoms with Crippen LogP contribution in [0.15, 0.2) is 66.7 Å². The molecule has 1 unspecified atom stereocenters. The highest BCUT2D eigenvalue weighted by Gasteiger charge is 2.30. The van der Waals surface area contributed by atoms with Crippen LogP contribution in [0, 0.1) is 0 Å². The van der Waals surface area contributed by atoms with Crippen molar-refractivity contribution in [3.05, 3.63) is 77.9 Å². The molecule has 3 N–H and O–H groups in total. The van der Waals surface area contributed by atoms with Crippen LogP contribution in [0.25, 0.3) is 11.1 Å². The molecule has 6 nitrogen and oxygen atoms in total. The van der Waals surface area contributed by atoms with Crippen LogP contribution >= 0.6 is 0 Å². The molecule has 1 atom stereocenters. The fourth-order valence-corrected chi connectivity index (χ4v) is 3.22. The summed E-state index contributed by atoms with van der Waals surface area (Å²) in [6.45, 7) is -0.444. The average molecular weight is 477 g/mol. The number of aliphatic carboxylic acids is 1. The number of carboxylic acids is 1. The van der Waals surface area contributed by atoms with Crippen LogP contribution in [0.5, 0.6) is 17.2 Å². The van der Waals surface area contributed by atoms with Gasteiger partial charge in [0.25, 0.3) is 5.75 Å². The van der Waals surface area contributed by atoms with E-state index in [2.05, 4.69) is 4.74 Å². The molecule has 0 radical (unpaired) electrons. The van der Waals surface area contributed by atoms with Crippen molar-refractivity contribution in [1.29, 1.82) is 0 Å². The van der Waals surface area contributed by atoms with Crippen molar-refractivity contribution in [2.75, 3.05) is 20.3 Å². The highest BCUT2D eigenvalue weighted by Crippen LogP contribution is 2.34. The van der Waals surface area contributed by atoms with Crippen LogP contribution in [-0.2, 0) is 17.4 Å². The number of carboxylic acid groups (broad SMARTS) is 1. The zero-order valence-corrected chi connectivity index (χ0v) is 18.2. The summed E-state index contributed by atoms with van der Waals surface area (Å²) < 4.78 is 53.6. The molecule has 3 aromatic carbocycles. The van der Waals surface area contributed by atoms with Crippen molar-refractivity contribution in [1.82, 2.24) is 0 Å². The van der Waals surface area contributed by atoms with Crippen LogP contribution in [0.3, 0.4) is 0 Å². The van der Waals surface area contributed by atoms with Gasteiger partial charge in [0.2, 0.25) is 5.75 Å². The molecule has 0 aliphatic carbocycles. The number of ether oxygens (including phenoxy) is 3. The largest absolute Gasteiger partial charge is 0.582 e. The normalized spacial score (nSPS) is 12.1. The van der Waals surface area contributed by atoms with Crippen LogP contribution in [0.2, 0.25) is 0 Å². The highest BCUT2D eigenvalue weighted by atomic mass is 19.4. The van der Waals surface area contributed by atoms with E-state index in [0.717, 1.165) is 23.3 Å². The molecule has 0 heterocycles. The van der Waals surface area contributed by atoms with Crippen molar-refractivity contribution in [2.45, 2.75) is 18.7 Å². The molecule has 3 aromatic rings. The second kappa shape index (κ2) is 10.9. The number of benzene rings is 3. The molecule has 0 aliphatic heterocycles. The second-order valence-electron chi connectivity index (χ2n) is 7.48. The molecule has 0 fully saturated rings. The van der Waals surface area contributed by atoms with Gasteiger partial charge in [0.15, 0.2) is 7.11 Å². The number of aliphatic hydroxyl groups excluding tert-OH is 1. The van der Waals surface area contributed by atoms with Crippen molar-refractivity contribution < 1.29 is 42.4 Å². The van der Waals surface area contributed by atoms with E-state index in [-0.39, 0.29) is 25.4 Å². The van der Waals surface area contributed by atoms with Crippen molar-refractivity contribution >= 4 is 5.97 Å². The monoisotopic (exact) mass is 477 g/mol. The molecule has 0 saturated heterocycles. The topological polar surface area (TPSA) is 88.8 Å². The van der Waals surface area contributed by atoms with Crippen molar-refractivity contribution in [3.63, 3.8) is 0 Å². The molecule has 0 amide bonds. The lowest BCUT2D eigenvalue weighted by Gasteiger charge is -2.16. The lowest BCUT2D eigenvalue weighted by Crippen LogP contribution is -2.25. The third-order valence-electron chi connectivity index (χ3n) is 4.85. The van der Waals surface area contributed by atoms with Gasteiger partial charge in [0.1, 0.15) is 25.1 Å². The molecule has 0 spiro atoms. The van der Waals surface area contributed by atoms with Gasteiger partial charge in [-0.2, -0.15) is 13.2 Å². The molecular formula is C25H24F3O6+.